The van der Waals surface area contributed by atoms with E-state index in [1.807, 2.05) is 16.3 Å². The van der Waals surface area contributed by atoms with Crippen molar-refractivity contribution in [2.45, 2.75) is 25.8 Å². The highest BCUT2D eigenvalue weighted by Gasteiger charge is 2.28. The fourth-order valence-corrected chi connectivity index (χ4v) is 4.96. The molecular formula is C21H28N6O4S. The Morgan fingerprint density at radius 3 is 2.28 bits per heavy atom. The van der Waals surface area contributed by atoms with Crippen molar-refractivity contribution in [3.05, 3.63) is 43.2 Å². The zero-order valence-corrected chi connectivity index (χ0v) is 19.0. The third-order valence-corrected chi connectivity index (χ3v) is 7.04. The van der Waals surface area contributed by atoms with Crippen molar-refractivity contribution in [3.8, 4) is 0 Å². The first-order valence-corrected chi connectivity index (χ1v) is 11.7. The van der Waals surface area contributed by atoms with Gasteiger partial charge in [0.2, 0.25) is 5.91 Å². The fourth-order valence-electron chi connectivity index (χ4n) is 4.27. The highest BCUT2D eigenvalue weighted by atomic mass is 32.1. The Balaban J connectivity index is 1.49. The van der Waals surface area contributed by atoms with Gasteiger partial charge < -0.3 is 20.4 Å². The van der Waals surface area contributed by atoms with E-state index in [1.165, 1.54) is 23.0 Å². The Hall–Kier alpha value is -3.08. The second kappa shape index (κ2) is 9.19. The quantitative estimate of drug-likeness (QED) is 0.696. The van der Waals surface area contributed by atoms with Crippen LogP contribution in [0.4, 0.5) is 11.5 Å². The molecule has 2 amide bonds. The van der Waals surface area contributed by atoms with Crippen LogP contribution >= 0.6 is 11.3 Å². The number of thiophene rings is 1. The molecule has 0 bridgehead atoms. The van der Waals surface area contributed by atoms with Crippen LogP contribution in [0.25, 0.3) is 0 Å². The molecule has 0 atom stereocenters. The van der Waals surface area contributed by atoms with Crippen LogP contribution in [0, 0.1) is 0 Å². The van der Waals surface area contributed by atoms with Gasteiger partial charge in [0, 0.05) is 46.3 Å². The van der Waals surface area contributed by atoms with Crippen molar-refractivity contribution in [2.24, 2.45) is 7.05 Å². The summed E-state index contributed by atoms with van der Waals surface area (Å²) in [5.41, 5.74) is 5.29. The number of carbonyl (C=O) groups excluding carboxylic acids is 2. The Bertz CT molecular complexity index is 1110. The van der Waals surface area contributed by atoms with Gasteiger partial charge in [0.15, 0.2) is 0 Å². The van der Waals surface area contributed by atoms with E-state index >= 15 is 0 Å². The van der Waals surface area contributed by atoms with Crippen LogP contribution < -0.4 is 21.9 Å². The summed E-state index contributed by atoms with van der Waals surface area (Å²) in [6, 6.07) is 3.62. The maximum absolute atomic E-state index is 13.2. The second-order valence-electron chi connectivity index (χ2n) is 8.16. The number of nitrogens with zero attached hydrogens (tertiary/aromatic N) is 5. The first-order chi connectivity index (χ1) is 15.4. The molecule has 2 aromatic heterocycles. The molecule has 2 N–H and O–H groups in total. The average molecular weight is 461 g/mol. The van der Waals surface area contributed by atoms with Crippen molar-refractivity contribution in [1.29, 1.82) is 0 Å². The molecule has 0 spiro atoms. The Labute approximate surface area is 189 Å². The molecule has 32 heavy (non-hydrogen) atoms. The fraction of sp³-hybridized carbons (Fsp3) is 0.524. The number of rotatable bonds is 4. The molecule has 10 nitrogen and oxygen atoms in total. The molecule has 2 aliphatic rings. The summed E-state index contributed by atoms with van der Waals surface area (Å²) in [6.45, 7) is 2.60. The third kappa shape index (κ3) is 4.16. The molecule has 0 radical (unpaired) electrons. The monoisotopic (exact) mass is 460 g/mol. The maximum atomic E-state index is 13.2. The van der Waals surface area contributed by atoms with Gasteiger partial charge in [0.25, 0.3) is 11.5 Å². The first kappa shape index (κ1) is 22.1. The number of amides is 2. The van der Waals surface area contributed by atoms with Crippen molar-refractivity contribution in [2.75, 3.05) is 49.9 Å². The minimum atomic E-state index is -0.604. The van der Waals surface area contributed by atoms with E-state index in [9.17, 15) is 19.2 Å². The van der Waals surface area contributed by atoms with Crippen LogP contribution in [0.5, 0.6) is 0 Å². The largest absolute Gasteiger partial charge is 0.383 e. The van der Waals surface area contributed by atoms with E-state index in [0.717, 1.165) is 23.8 Å². The first-order valence-electron chi connectivity index (χ1n) is 10.8. The molecule has 2 fully saturated rings. The minimum Gasteiger partial charge on any atom is -0.383 e. The smallest absolute Gasteiger partial charge is 0.332 e. The van der Waals surface area contributed by atoms with Crippen LogP contribution in [0.3, 0.4) is 0 Å². The number of carbonyl (C=O) groups is 2. The molecular weight excluding hydrogens is 432 g/mol. The zero-order valence-electron chi connectivity index (χ0n) is 18.2. The molecule has 2 aliphatic heterocycles. The predicted octanol–water partition coefficient (Wildman–Crippen LogP) is 0.166. The Morgan fingerprint density at radius 1 is 1.00 bits per heavy atom. The summed E-state index contributed by atoms with van der Waals surface area (Å²) in [4.78, 5) is 57.2. The molecule has 2 aromatic rings. The van der Waals surface area contributed by atoms with Gasteiger partial charge in [-0.2, -0.15) is 0 Å². The zero-order chi connectivity index (χ0) is 22.8. The van der Waals surface area contributed by atoms with Gasteiger partial charge in [-0.05, 0) is 30.7 Å². The van der Waals surface area contributed by atoms with Crippen LogP contribution in [-0.2, 0) is 18.4 Å². The molecule has 0 saturated carbocycles. The lowest BCUT2D eigenvalue weighted by molar-refractivity contribution is -0.133. The molecule has 2 saturated heterocycles. The molecule has 4 rings (SSSR count). The molecule has 11 heteroatoms. The summed E-state index contributed by atoms with van der Waals surface area (Å²) in [5, 5.41) is 1.86. The lowest BCUT2D eigenvalue weighted by Gasteiger charge is -2.34. The Morgan fingerprint density at radius 2 is 1.66 bits per heavy atom. The standard InChI is InChI=1S/C21H28N6O4S/c1-23-18(22)17(25-7-3-2-4-8-25)20(30)27(21(23)31)14-16(28)24-9-11-26(12-10-24)19(29)15-6-5-13-32-15/h5-6,13H,2-4,7-12,14,22H2,1H3. The number of hydrogen-bond acceptors (Lipinski definition) is 7. The summed E-state index contributed by atoms with van der Waals surface area (Å²) < 4.78 is 2.21. The van der Waals surface area contributed by atoms with Gasteiger partial charge in [-0.3, -0.25) is 19.0 Å². The van der Waals surface area contributed by atoms with Gasteiger partial charge in [-0.25, -0.2) is 9.36 Å². The second-order valence-corrected chi connectivity index (χ2v) is 9.11. The summed E-state index contributed by atoms with van der Waals surface area (Å²) >= 11 is 1.39. The van der Waals surface area contributed by atoms with E-state index in [0.29, 0.717) is 49.8 Å². The highest BCUT2D eigenvalue weighted by Crippen LogP contribution is 2.21. The maximum Gasteiger partial charge on any atom is 0.332 e. The number of nitrogens with two attached hydrogens (primary N) is 1. The number of hydrogen-bond donors (Lipinski definition) is 1. The molecule has 0 aromatic carbocycles. The van der Waals surface area contributed by atoms with Crippen LogP contribution in [0.1, 0.15) is 28.9 Å². The number of nitrogen functional groups attached to an aromatic ring is 1. The van der Waals surface area contributed by atoms with E-state index in [1.54, 1.807) is 15.9 Å². The van der Waals surface area contributed by atoms with Gasteiger partial charge in [0.1, 0.15) is 18.1 Å². The van der Waals surface area contributed by atoms with Crippen molar-refractivity contribution < 1.29 is 9.59 Å². The molecule has 4 heterocycles. The summed E-state index contributed by atoms with van der Waals surface area (Å²) in [7, 11) is 1.51. The van der Waals surface area contributed by atoms with Gasteiger partial charge >= 0.3 is 5.69 Å². The molecule has 172 valence electrons. The van der Waals surface area contributed by atoms with Crippen LogP contribution in [0.15, 0.2) is 27.1 Å². The van der Waals surface area contributed by atoms with Crippen LogP contribution in [0.2, 0.25) is 0 Å². The normalized spacial score (nSPS) is 17.0. The molecule has 0 unspecified atom stereocenters. The van der Waals surface area contributed by atoms with E-state index in [4.69, 9.17) is 5.73 Å². The molecule has 0 aliphatic carbocycles. The number of piperazine rings is 1. The van der Waals surface area contributed by atoms with Gasteiger partial charge in [-0.1, -0.05) is 6.07 Å². The minimum absolute atomic E-state index is 0.0399. The number of aromatic nitrogens is 2. The summed E-state index contributed by atoms with van der Waals surface area (Å²) in [6.07, 6.45) is 3.00. The average Bonchev–Trinajstić information content (AvgIpc) is 3.36. The predicted molar refractivity (Wildman–Crippen MR) is 123 cm³/mol. The SMILES string of the molecule is Cn1c(N)c(N2CCCCC2)c(=O)n(CC(=O)N2CCN(C(=O)c3cccs3)CC2)c1=O. The Kier molecular flexibility index (Phi) is 6.35. The van der Waals surface area contributed by atoms with E-state index in [2.05, 4.69) is 0 Å². The van der Waals surface area contributed by atoms with E-state index in [-0.39, 0.29) is 24.2 Å². The van der Waals surface area contributed by atoms with Gasteiger partial charge in [0.05, 0.1) is 4.88 Å². The lowest BCUT2D eigenvalue weighted by atomic mass is 10.1. The lowest BCUT2D eigenvalue weighted by Crippen LogP contribution is -2.53. The van der Waals surface area contributed by atoms with Crippen molar-refractivity contribution >= 4 is 34.7 Å². The van der Waals surface area contributed by atoms with E-state index < -0.39 is 11.2 Å². The number of anilines is 2. The topological polar surface area (TPSA) is 114 Å². The summed E-state index contributed by atoms with van der Waals surface area (Å²) in [5.74, 6) is -0.227. The third-order valence-electron chi connectivity index (χ3n) is 6.19. The van der Waals surface area contributed by atoms with Crippen LogP contribution in [-0.4, -0.2) is 70.0 Å². The van der Waals surface area contributed by atoms with Gasteiger partial charge in [-0.15, -0.1) is 11.3 Å². The highest BCUT2D eigenvalue weighted by molar-refractivity contribution is 7.12. The number of piperidine rings is 1. The van der Waals surface area contributed by atoms with Crippen molar-refractivity contribution in [1.82, 2.24) is 18.9 Å². The van der Waals surface area contributed by atoms with Crippen molar-refractivity contribution in [3.63, 3.8) is 0 Å².